The van der Waals surface area contributed by atoms with Crippen LogP contribution in [0.4, 0.5) is 8.78 Å². The van der Waals surface area contributed by atoms with Gasteiger partial charge in [0.1, 0.15) is 0 Å². The molecule has 0 aliphatic rings. The summed E-state index contributed by atoms with van der Waals surface area (Å²) >= 11 is 0. The molecule has 2 aromatic carbocycles. The molecule has 0 aliphatic carbocycles. The number of carbonyl (C=O) groups excluding carboxylic acids is 2. The van der Waals surface area contributed by atoms with Gasteiger partial charge in [-0.2, -0.15) is 0 Å². The highest BCUT2D eigenvalue weighted by molar-refractivity contribution is 7.89. The number of imidazole rings is 1. The maximum absolute atomic E-state index is 12.7. The number of benzene rings is 2. The van der Waals surface area contributed by atoms with Gasteiger partial charge in [0, 0.05) is 25.2 Å². The zero-order valence-electron chi connectivity index (χ0n) is 15.8. The SMILES string of the molecule is CN(C)S(=O)(=O)c1cccc(C(=O)NNC(=O)c2ccc3nc(C(F)F)[nH]c3c2)c1. The fourth-order valence-electron chi connectivity index (χ4n) is 2.54. The lowest BCUT2D eigenvalue weighted by Gasteiger charge is -2.12. The van der Waals surface area contributed by atoms with Crippen molar-refractivity contribution in [3.63, 3.8) is 0 Å². The number of carbonyl (C=O) groups is 2. The summed E-state index contributed by atoms with van der Waals surface area (Å²) in [7, 11) is -1.00. The van der Waals surface area contributed by atoms with Gasteiger partial charge in [-0.05, 0) is 36.4 Å². The van der Waals surface area contributed by atoms with Crippen molar-refractivity contribution >= 4 is 32.9 Å². The molecule has 3 N–H and O–H groups in total. The predicted octanol–water partition coefficient (Wildman–Crippen LogP) is 1.83. The summed E-state index contributed by atoms with van der Waals surface area (Å²) in [5.74, 6) is -1.94. The van der Waals surface area contributed by atoms with E-state index in [2.05, 4.69) is 20.8 Å². The van der Waals surface area contributed by atoms with Crippen molar-refractivity contribution in [2.75, 3.05) is 14.1 Å². The molecule has 1 heterocycles. The molecule has 12 heteroatoms. The Morgan fingerprint density at radius 2 is 1.67 bits per heavy atom. The summed E-state index contributed by atoms with van der Waals surface area (Å²) in [5, 5.41) is 0. The minimum atomic E-state index is -3.73. The molecule has 0 saturated heterocycles. The number of fused-ring (bicyclic) bond motifs is 1. The fourth-order valence-corrected chi connectivity index (χ4v) is 3.49. The van der Waals surface area contributed by atoms with Crippen molar-refractivity contribution in [2.24, 2.45) is 0 Å². The average Bonchev–Trinajstić information content (AvgIpc) is 3.15. The van der Waals surface area contributed by atoms with Gasteiger partial charge in [0.2, 0.25) is 10.0 Å². The highest BCUT2D eigenvalue weighted by Crippen LogP contribution is 2.20. The highest BCUT2D eigenvalue weighted by atomic mass is 32.2. The van der Waals surface area contributed by atoms with Gasteiger partial charge < -0.3 is 4.98 Å². The number of hydrogen-bond donors (Lipinski definition) is 3. The van der Waals surface area contributed by atoms with Gasteiger partial charge in [0.05, 0.1) is 15.9 Å². The molecule has 0 bridgehead atoms. The maximum Gasteiger partial charge on any atom is 0.295 e. The monoisotopic (exact) mass is 437 g/mol. The van der Waals surface area contributed by atoms with E-state index in [9.17, 15) is 26.8 Å². The number of aromatic amines is 1. The first kappa shape index (κ1) is 21.3. The summed E-state index contributed by atoms with van der Waals surface area (Å²) in [5.41, 5.74) is 5.00. The van der Waals surface area contributed by atoms with Gasteiger partial charge in [-0.3, -0.25) is 20.4 Å². The molecule has 0 spiro atoms. The fraction of sp³-hybridized carbons (Fsp3) is 0.167. The minimum Gasteiger partial charge on any atom is -0.337 e. The van der Waals surface area contributed by atoms with Gasteiger partial charge in [-0.25, -0.2) is 26.5 Å². The second-order valence-electron chi connectivity index (χ2n) is 6.38. The zero-order valence-corrected chi connectivity index (χ0v) is 16.6. The van der Waals surface area contributed by atoms with E-state index in [0.717, 1.165) is 4.31 Å². The third kappa shape index (κ3) is 4.28. The molecule has 0 atom stereocenters. The van der Waals surface area contributed by atoms with Crippen molar-refractivity contribution < 1.29 is 26.8 Å². The molecule has 158 valence electrons. The Kier molecular flexibility index (Phi) is 5.80. The quantitative estimate of drug-likeness (QED) is 0.526. The summed E-state index contributed by atoms with van der Waals surface area (Å²) in [6, 6.07) is 9.39. The van der Waals surface area contributed by atoms with Crippen LogP contribution in [0.5, 0.6) is 0 Å². The van der Waals surface area contributed by atoms with Crippen LogP contribution in [0.15, 0.2) is 47.4 Å². The van der Waals surface area contributed by atoms with Crippen LogP contribution in [-0.4, -0.2) is 48.6 Å². The summed E-state index contributed by atoms with van der Waals surface area (Å²) in [6.45, 7) is 0. The Morgan fingerprint density at radius 1 is 1.03 bits per heavy atom. The lowest BCUT2D eigenvalue weighted by atomic mass is 10.2. The topological polar surface area (TPSA) is 124 Å². The van der Waals surface area contributed by atoms with Crippen molar-refractivity contribution in [1.82, 2.24) is 25.1 Å². The molecule has 9 nitrogen and oxygen atoms in total. The van der Waals surface area contributed by atoms with Crippen molar-refractivity contribution in [3.05, 3.63) is 59.4 Å². The van der Waals surface area contributed by atoms with Gasteiger partial charge in [-0.1, -0.05) is 6.07 Å². The van der Waals surface area contributed by atoms with Crippen LogP contribution in [0.3, 0.4) is 0 Å². The molecule has 0 saturated carbocycles. The van der Waals surface area contributed by atoms with Crippen molar-refractivity contribution in [2.45, 2.75) is 11.3 Å². The number of hydrazine groups is 1. The Hall–Kier alpha value is -3.38. The minimum absolute atomic E-state index is 0.0174. The number of nitrogens with one attached hydrogen (secondary N) is 3. The number of H-pyrrole nitrogens is 1. The van der Waals surface area contributed by atoms with Crippen LogP contribution in [0.25, 0.3) is 11.0 Å². The standard InChI is InChI=1S/C18H17F2N5O4S/c1-25(2)30(28,29)12-5-3-4-10(8-12)17(26)23-24-18(27)11-6-7-13-14(9-11)22-16(21-13)15(19)20/h3-9,15H,1-2H3,(H,21,22)(H,23,26)(H,24,27). The van der Waals surface area contributed by atoms with Gasteiger partial charge in [0.15, 0.2) is 5.82 Å². The third-order valence-corrected chi connectivity index (χ3v) is 5.94. The second kappa shape index (κ2) is 8.16. The normalized spacial score (nSPS) is 11.8. The van der Waals surface area contributed by atoms with Crippen LogP contribution in [-0.2, 0) is 10.0 Å². The van der Waals surface area contributed by atoms with Crippen LogP contribution >= 0.6 is 0 Å². The molecule has 0 unspecified atom stereocenters. The van der Waals surface area contributed by atoms with E-state index in [4.69, 9.17) is 0 Å². The summed E-state index contributed by atoms with van der Waals surface area (Å²) < 4.78 is 50.8. The van der Waals surface area contributed by atoms with E-state index < -0.39 is 34.1 Å². The number of halogens is 2. The number of amides is 2. The van der Waals surface area contributed by atoms with E-state index >= 15 is 0 Å². The van der Waals surface area contributed by atoms with Crippen LogP contribution < -0.4 is 10.9 Å². The first-order valence-corrected chi connectivity index (χ1v) is 9.94. The van der Waals surface area contributed by atoms with E-state index in [1.54, 1.807) is 0 Å². The van der Waals surface area contributed by atoms with Gasteiger partial charge in [-0.15, -0.1) is 0 Å². The molecule has 2 amide bonds. The zero-order chi connectivity index (χ0) is 22.1. The van der Waals surface area contributed by atoms with Crippen molar-refractivity contribution in [3.8, 4) is 0 Å². The molecule has 0 radical (unpaired) electrons. The number of sulfonamides is 1. The molecule has 0 fully saturated rings. The Labute approximate surface area is 170 Å². The average molecular weight is 437 g/mol. The smallest absolute Gasteiger partial charge is 0.295 e. The Morgan fingerprint density at radius 3 is 2.27 bits per heavy atom. The van der Waals surface area contributed by atoms with E-state index in [0.29, 0.717) is 0 Å². The summed E-state index contributed by atoms with van der Waals surface area (Å²) in [6.07, 6.45) is -2.78. The molecule has 1 aromatic heterocycles. The number of alkyl halides is 2. The lowest BCUT2D eigenvalue weighted by Crippen LogP contribution is -2.41. The van der Waals surface area contributed by atoms with E-state index in [1.807, 2.05) is 0 Å². The van der Waals surface area contributed by atoms with Gasteiger partial charge >= 0.3 is 0 Å². The number of rotatable bonds is 5. The molecule has 3 rings (SSSR count). The van der Waals surface area contributed by atoms with Crippen LogP contribution in [0.2, 0.25) is 0 Å². The maximum atomic E-state index is 12.7. The largest absolute Gasteiger partial charge is 0.337 e. The highest BCUT2D eigenvalue weighted by Gasteiger charge is 2.19. The van der Waals surface area contributed by atoms with Crippen LogP contribution in [0.1, 0.15) is 33.0 Å². The first-order chi connectivity index (χ1) is 14.1. The number of hydrogen-bond acceptors (Lipinski definition) is 5. The van der Waals surface area contributed by atoms with Crippen LogP contribution in [0, 0.1) is 0 Å². The predicted molar refractivity (Wildman–Crippen MR) is 103 cm³/mol. The van der Waals surface area contributed by atoms with E-state index in [1.165, 1.54) is 56.6 Å². The Balaban J connectivity index is 1.72. The van der Waals surface area contributed by atoms with Gasteiger partial charge in [0.25, 0.3) is 18.2 Å². The third-order valence-electron chi connectivity index (χ3n) is 4.13. The molecule has 30 heavy (non-hydrogen) atoms. The number of nitrogens with zero attached hydrogens (tertiary/aromatic N) is 2. The molecule has 3 aromatic rings. The second-order valence-corrected chi connectivity index (χ2v) is 8.53. The Bertz CT molecular complexity index is 1220. The van der Waals surface area contributed by atoms with E-state index in [-0.39, 0.29) is 27.1 Å². The molecular weight excluding hydrogens is 420 g/mol. The molecular formula is C18H17F2N5O4S. The first-order valence-electron chi connectivity index (χ1n) is 8.50. The summed E-state index contributed by atoms with van der Waals surface area (Å²) in [4.78, 5) is 30.6. The molecule has 0 aliphatic heterocycles. The van der Waals surface area contributed by atoms with Crippen molar-refractivity contribution in [1.29, 1.82) is 0 Å². The lowest BCUT2D eigenvalue weighted by molar-refractivity contribution is 0.0846. The number of aromatic nitrogens is 2.